The number of anilines is 3. The lowest BCUT2D eigenvalue weighted by molar-refractivity contribution is 0.770. The monoisotopic (exact) mass is 805 g/mol. The van der Waals surface area contributed by atoms with Crippen LogP contribution < -0.4 is 4.90 Å². The number of nitrogens with zero attached hydrogens (tertiary/aromatic N) is 1. The van der Waals surface area contributed by atoms with Gasteiger partial charge in [-0.05, 0) is 121 Å². The summed E-state index contributed by atoms with van der Waals surface area (Å²) in [4.78, 5) is 2.41. The third kappa shape index (κ3) is 7.34. The summed E-state index contributed by atoms with van der Waals surface area (Å²) < 4.78 is 0. The van der Waals surface area contributed by atoms with Crippen molar-refractivity contribution in [3.63, 3.8) is 0 Å². The fourth-order valence-corrected chi connectivity index (χ4v) is 9.45. The zero-order valence-electron chi connectivity index (χ0n) is 35.4. The van der Waals surface area contributed by atoms with Crippen LogP contribution >= 0.6 is 0 Å². The van der Waals surface area contributed by atoms with Crippen molar-refractivity contribution in [1.29, 1.82) is 0 Å². The molecule has 0 N–H and O–H groups in total. The molecule has 0 amide bonds. The summed E-state index contributed by atoms with van der Waals surface area (Å²) in [6.45, 7) is 7.12. The van der Waals surface area contributed by atoms with Crippen LogP contribution in [0.1, 0.15) is 29.2 Å². The van der Waals surface area contributed by atoms with Crippen LogP contribution in [0.15, 0.2) is 267 Å². The molecule has 10 rings (SSSR count). The van der Waals surface area contributed by atoms with Crippen molar-refractivity contribution in [3.8, 4) is 44.5 Å². The molecule has 63 heavy (non-hydrogen) atoms. The molecule has 0 heterocycles. The Morgan fingerprint density at radius 1 is 0.397 bits per heavy atom. The van der Waals surface area contributed by atoms with E-state index >= 15 is 0 Å². The van der Waals surface area contributed by atoms with Crippen LogP contribution in [0.4, 0.5) is 17.1 Å². The van der Waals surface area contributed by atoms with Gasteiger partial charge in [-0.25, -0.2) is 0 Å². The summed E-state index contributed by atoms with van der Waals surface area (Å²) in [5.41, 5.74) is 18.9. The van der Waals surface area contributed by atoms with E-state index in [1.54, 1.807) is 0 Å². The van der Waals surface area contributed by atoms with Crippen LogP contribution in [0.25, 0.3) is 50.1 Å². The van der Waals surface area contributed by atoms with Gasteiger partial charge in [-0.15, -0.1) is 0 Å². The summed E-state index contributed by atoms with van der Waals surface area (Å²) in [6.07, 6.45) is 6.66. The number of hydrogen-bond acceptors (Lipinski definition) is 1. The van der Waals surface area contributed by atoms with Gasteiger partial charge in [0.25, 0.3) is 0 Å². The van der Waals surface area contributed by atoms with Gasteiger partial charge in [-0.1, -0.05) is 225 Å². The van der Waals surface area contributed by atoms with Gasteiger partial charge in [0.1, 0.15) is 0 Å². The second kappa shape index (κ2) is 17.2. The second-order valence-corrected chi connectivity index (χ2v) is 16.1. The highest BCUT2D eigenvalue weighted by atomic mass is 15.1. The summed E-state index contributed by atoms with van der Waals surface area (Å²) >= 11 is 0. The molecule has 9 aromatic carbocycles. The van der Waals surface area contributed by atoms with Crippen molar-refractivity contribution in [3.05, 3.63) is 289 Å². The van der Waals surface area contributed by atoms with Crippen molar-refractivity contribution < 1.29 is 0 Å². The van der Waals surface area contributed by atoms with E-state index in [-0.39, 0.29) is 0 Å². The van der Waals surface area contributed by atoms with E-state index in [1.807, 2.05) is 0 Å². The molecule has 0 radical (unpaired) electrons. The number of allylic oxidation sites excluding steroid dienone is 5. The van der Waals surface area contributed by atoms with Gasteiger partial charge in [-0.3, -0.25) is 0 Å². The van der Waals surface area contributed by atoms with Gasteiger partial charge in [0.05, 0.1) is 5.41 Å². The molecule has 9 aromatic rings. The van der Waals surface area contributed by atoms with Crippen molar-refractivity contribution in [2.45, 2.75) is 12.3 Å². The first kappa shape index (κ1) is 39.2. The van der Waals surface area contributed by atoms with E-state index in [1.165, 1.54) is 55.6 Å². The molecule has 1 aliphatic rings. The summed E-state index contributed by atoms with van der Waals surface area (Å²) in [7, 11) is 0. The average molecular weight is 806 g/mol. The van der Waals surface area contributed by atoms with Crippen molar-refractivity contribution >= 4 is 22.6 Å². The zero-order valence-corrected chi connectivity index (χ0v) is 35.4. The molecule has 1 nitrogen and oxygen atoms in total. The van der Waals surface area contributed by atoms with Crippen molar-refractivity contribution in [1.82, 2.24) is 0 Å². The summed E-state index contributed by atoms with van der Waals surface area (Å²) in [6, 6.07) is 85.5. The number of rotatable bonds is 11. The highest BCUT2D eigenvalue weighted by Gasteiger charge is 2.46. The minimum Gasteiger partial charge on any atom is -0.310 e. The van der Waals surface area contributed by atoms with E-state index in [0.717, 1.165) is 39.3 Å². The Kier molecular flexibility index (Phi) is 10.7. The number of fused-ring (bicyclic) bond motifs is 3. The van der Waals surface area contributed by atoms with Gasteiger partial charge in [0.2, 0.25) is 0 Å². The molecule has 1 heteroatoms. The Morgan fingerprint density at radius 3 is 1.43 bits per heavy atom. The molecule has 1 aliphatic carbocycles. The Bertz CT molecular complexity index is 3020. The van der Waals surface area contributed by atoms with Gasteiger partial charge >= 0.3 is 0 Å². The van der Waals surface area contributed by atoms with Crippen LogP contribution in [0.3, 0.4) is 0 Å². The van der Waals surface area contributed by atoms with E-state index in [2.05, 4.69) is 267 Å². The minimum absolute atomic E-state index is 0.702. The maximum absolute atomic E-state index is 5.02. The normalized spacial score (nSPS) is 14.3. The van der Waals surface area contributed by atoms with Crippen molar-refractivity contribution in [2.75, 3.05) is 4.90 Å². The lowest BCUT2D eigenvalue weighted by atomic mass is 9.67. The molecule has 0 saturated heterocycles. The second-order valence-electron chi connectivity index (χ2n) is 16.1. The number of hydrogen-bond donors (Lipinski definition) is 0. The molecule has 0 bridgehead atoms. The maximum atomic E-state index is 5.02. The van der Waals surface area contributed by atoms with E-state index in [0.29, 0.717) is 0 Å². The standard InChI is InChI=1S/C62H47N/c1-3-46(47-20-8-4-9-21-47)35-34-45(2)62(54-38-36-51(37-39-54)48-22-10-5-11-23-48)60-33-17-16-32-58(60)59-41-40-57(44-61(59)62)63(55-30-18-28-52(42-55)49-24-12-6-13-25-49)56-31-19-29-53(43-56)50-26-14-7-15-27-50/h3-44H,2H2,1H3/b35-34-,46-3+. The Morgan fingerprint density at radius 2 is 0.857 bits per heavy atom. The van der Waals surface area contributed by atoms with Gasteiger partial charge < -0.3 is 4.90 Å². The Balaban J connectivity index is 1.20. The van der Waals surface area contributed by atoms with E-state index in [9.17, 15) is 0 Å². The molecular formula is C62H47N. The molecule has 0 saturated carbocycles. The van der Waals surface area contributed by atoms with Crippen LogP contribution in [0.2, 0.25) is 0 Å². The molecule has 0 spiro atoms. The topological polar surface area (TPSA) is 3.24 Å². The molecule has 1 atom stereocenters. The molecule has 1 unspecified atom stereocenters. The van der Waals surface area contributed by atoms with Gasteiger partial charge in [-0.2, -0.15) is 0 Å². The van der Waals surface area contributed by atoms with E-state index in [4.69, 9.17) is 6.58 Å². The Hall–Kier alpha value is -8.00. The third-order valence-electron chi connectivity index (χ3n) is 12.5. The van der Waals surface area contributed by atoms with Crippen LogP contribution in [0, 0.1) is 0 Å². The molecule has 0 fully saturated rings. The summed E-state index contributed by atoms with van der Waals surface area (Å²) in [5, 5.41) is 0. The third-order valence-corrected chi connectivity index (χ3v) is 12.5. The first-order chi connectivity index (χ1) is 31.1. The number of benzene rings is 9. The highest BCUT2D eigenvalue weighted by Crippen LogP contribution is 2.58. The quantitative estimate of drug-likeness (QED) is 0.118. The predicted molar refractivity (Wildman–Crippen MR) is 268 cm³/mol. The largest absolute Gasteiger partial charge is 0.310 e. The molecule has 0 aromatic heterocycles. The highest BCUT2D eigenvalue weighted by molar-refractivity contribution is 5.91. The fourth-order valence-electron chi connectivity index (χ4n) is 9.45. The van der Waals surface area contributed by atoms with Gasteiger partial charge in [0.15, 0.2) is 0 Å². The van der Waals surface area contributed by atoms with Crippen molar-refractivity contribution in [2.24, 2.45) is 0 Å². The summed E-state index contributed by atoms with van der Waals surface area (Å²) in [5.74, 6) is 0. The van der Waals surface area contributed by atoms with Gasteiger partial charge in [0, 0.05) is 17.1 Å². The van der Waals surface area contributed by atoms with E-state index < -0.39 is 5.41 Å². The lowest BCUT2D eigenvalue weighted by Crippen LogP contribution is -2.29. The zero-order chi connectivity index (χ0) is 42.6. The Labute approximate surface area is 371 Å². The minimum atomic E-state index is -0.702. The smallest absolute Gasteiger partial charge is 0.0708 e. The maximum Gasteiger partial charge on any atom is 0.0708 e. The lowest BCUT2D eigenvalue weighted by Gasteiger charge is -2.35. The SMILES string of the molecule is C=C(/C=C\C(=C/C)c1ccccc1)C1(c2ccc(-c3ccccc3)cc2)c2ccccc2-c2ccc(N(c3cccc(-c4ccccc4)c3)c3cccc(-c4ccccc4)c3)cc21. The first-order valence-corrected chi connectivity index (χ1v) is 21.7. The molecule has 0 aliphatic heterocycles. The molecule has 300 valence electrons. The average Bonchev–Trinajstić information content (AvgIpc) is 3.66. The van der Waals surface area contributed by atoms with Crippen LogP contribution in [-0.4, -0.2) is 0 Å². The fraction of sp³-hybridized carbons (Fsp3) is 0.0323. The first-order valence-electron chi connectivity index (χ1n) is 21.7. The predicted octanol–water partition coefficient (Wildman–Crippen LogP) is 16.7. The van der Waals surface area contributed by atoms with Crippen LogP contribution in [0.5, 0.6) is 0 Å². The van der Waals surface area contributed by atoms with Crippen LogP contribution in [-0.2, 0) is 5.41 Å². The molecular weight excluding hydrogens is 759 g/mol.